The molecule has 10 atom stereocenters. The summed E-state index contributed by atoms with van der Waals surface area (Å²) in [5.74, 6) is -1.56. The Bertz CT molecular complexity index is 2260. The molecule has 2 aliphatic heterocycles. The van der Waals surface area contributed by atoms with Gasteiger partial charge in [0.25, 0.3) is 0 Å². The molecule has 0 aromatic heterocycles. The van der Waals surface area contributed by atoms with Crippen molar-refractivity contribution in [2.75, 3.05) is 13.2 Å². The lowest BCUT2D eigenvalue weighted by Crippen LogP contribution is -2.60. The van der Waals surface area contributed by atoms with E-state index in [-0.39, 0.29) is 24.3 Å². The van der Waals surface area contributed by atoms with E-state index in [0.717, 1.165) is 22.3 Å². The maximum Gasteiger partial charge on any atom is 0.307 e. The van der Waals surface area contributed by atoms with E-state index >= 15 is 0 Å². The summed E-state index contributed by atoms with van der Waals surface area (Å²) in [6.45, 7) is -1.27. The first-order valence-electron chi connectivity index (χ1n) is 20.6. The van der Waals surface area contributed by atoms with Crippen LogP contribution in [0.5, 0.6) is 11.5 Å². The normalized spacial score (nSPS) is 25.7. The van der Waals surface area contributed by atoms with Crippen molar-refractivity contribution in [3.05, 3.63) is 143 Å². The fourth-order valence-corrected chi connectivity index (χ4v) is 7.98. The van der Waals surface area contributed by atoms with Gasteiger partial charge < -0.3 is 70.0 Å². The Hall–Kier alpha value is -5.76. The SMILES string of the molecule is O=C(O)Cc1cccc(-c2cc(Cc3cccc(Cc4ccc(O[C@H]5O[C@H](CO)[C@@H](O)[C@H](O)[C@@H]5O)c(-c5cccc(CC(=O)O)c5)c4)c3)ccc2O[C@H]2O[C@H](CO)[C@@H](O)[C@H](O)[C@@H]2O)c1. The summed E-state index contributed by atoms with van der Waals surface area (Å²) in [7, 11) is 0. The number of carboxylic acids is 2. The second-order valence-corrected chi connectivity index (χ2v) is 16.0. The molecule has 16 nitrogen and oxygen atoms in total. The van der Waals surface area contributed by atoms with E-state index in [1.165, 1.54) is 0 Å². The average Bonchev–Trinajstić information content (AvgIpc) is 3.27. The monoisotopic (exact) mass is 882 g/mol. The van der Waals surface area contributed by atoms with Gasteiger partial charge >= 0.3 is 11.9 Å². The molecule has 7 rings (SSSR count). The molecule has 0 unspecified atom stereocenters. The van der Waals surface area contributed by atoms with Gasteiger partial charge in [-0.25, -0.2) is 0 Å². The highest BCUT2D eigenvalue weighted by atomic mass is 16.7. The van der Waals surface area contributed by atoms with Crippen molar-refractivity contribution in [3.8, 4) is 33.8 Å². The zero-order valence-corrected chi connectivity index (χ0v) is 34.3. The zero-order chi connectivity index (χ0) is 45.7. The number of hydrogen-bond acceptors (Lipinski definition) is 14. The van der Waals surface area contributed by atoms with E-state index < -0.39 is 86.6 Å². The molecule has 2 heterocycles. The van der Waals surface area contributed by atoms with Gasteiger partial charge in [-0.3, -0.25) is 9.59 Å². The van der Waals surface area contributed by atoms with E-state index in [2.05, 4.69) is 0 Å². The van der Waals surface area contributed by atoms with E-state index in [1.54, 1.807) is 60.7 Å². The van der Waals surface area contributed by atoms with Gasteiger partial charge in [-0.15, -0.1) is 0 Å². The molecule has 10 N–H and O–H groups in total. The summed E-state index contributed by atoms with van der Waals surface area (Å²) in [4.78, 5) is 23.1. The molecule has 2 aliphatic rings. The summed E-state index contributed by atoms with van der Waals surface area (Å²) in [5.41, 5.74) is 6.91. The third kappa shape index (κ3) is 10.8. The van der Waals surface area contributed by atoms with Crippen LogP contribution in [0.4, 0.5) is 0 Å². The minimum absolute atomic E-state index is 0.226. The molecule has 5 aromatic carbocycles. The van der Waals surface area contributed by atoms with Crippen LogP contribution in [-0.4, -0.2) is 138 Å². The number of benzene rings is 5. The van der Waals surface area contributed by atoms with Gasteiger partial charge in [-0.05, 0) is 81.6 Å². The van der Waals surface area contributed by atoms with E-state index in [4.69, 9.17) is 18.9 Å². The van der Waals surface area contributed by atoms with Crippen molar-refractivity contribution in [2.45, 2.75) is 87.1 Å². The topological polar surface area (TPSA) is 273 Å². The fraction of sp³-hybridized carbons (Fsp3) is 0.333. The van der Waals surface area contributed by atoms with Gasteiger partial charge in [0.05, 0.1) is 26.1 Å². The van der Waals surface area contributed by atoms with Gasteiger partial charge in [-0.2, -0.15) is 0 Å². The van der Waals surface area contributed by atoms with Crippen molar-refractivity contribution in [1.29, 1.82) is 0 Å². The highest BCUT2D eigenvalue weighted by Crippen LogP contribution is 2.37. The van der Waals surface area contributed by atoms with Gasteiger partial charge in [0.15, 0.2) is 0 Å². The number of rotatable bonds is 16. The minimum Gasteiger partial charge on any atom is -0.481 e. The number of aliphatic carboxylic acids is 2. The number of hydrogen-bond donors (Lipinski definition) is 10. The maximum absolute atomic E-state index is 11.6. The van der Waals surface area contributed by atoms with Crippen LogP contribution in [0.1, 0.15) is 33.4 Å². The van der Waals surface area contributed by atoms with Gasteiger partial charge in [0, 0.05) is 11.1 Å². The Kier molecular flexibility index (Phi) is 14.7. The molecule has 0 bridgehead atoms. The molecule has 0 saturated carbocycles. The van der Waals surface area contributed by atoms with Crippen molar-refractivity contribution in [1.82, 2.24) is 0 Å². The lowest BCUT2D eigenvalue weighted by molar-refractivity contribution is -0.277. The second kappa shape index (κ2) is 20.4. The molecule has 0 spiro atoms. The highest BCUT2D eigenvalue weighted by Gasteiger charge is 2.46. The quantitative estimate of drug-likeness (QED) is 0.0677. The van der Waals surface area contributed by atoms with Crippen molar-refractivity contribution in [2.24, 2.45) is 0 Å². The summed E-state index contributed by atoms with van der Waals surface area (Å²) in [6.07, 6.45) is -14.6. The van der Waals surface area contributed by atoms with Crippen LogP contribution in [0.2, 0.25) is 0 Å². The third-order valence-corrected chi connectivity index (χ3v) is 11.3. The summed E-state index contributed by atoms with van der Waals surface area (Å²) in [5, 5.41) is 101. The fourth-order valence-electron chi connectivity index (χ4n) is 7.98. The highest BCUT2D eigenvalue weighted by molar-refractivity contribution is 5.76. The van der Waals surface area contributed by atoms with E-state index in [1.807, 2.05) is 48.5 Å². The lowest BCUT2D eigenvalue weighted by atomic mass is 9.94. The smallest absolute Gasteiger partial charge is 0.307 e. The first-order valence-corrected chi connectivity index (χ1v) is 20.6. The zero-order valence-electron chi connectivity index (χ0n) is 34.3. The standard InChI is InChI=1S/C48H50O16/c49-23-37-41(55)43(57)45(59)47(63-37)61-35-12-10-29(19-33(35)31-8-2-6-27(17-31)21-39(51)52)15-25-4-1-5-26(14-25)16-30-11-13-36(62-48-46(60)44(58)42(56)38(24-50)64-48)34(20-30)32-9-3-7-28(18-32)22-40(53)54/h1-14,17-20,37-38,41-50,55-60H,15-16,21-24H2,(H,51,52)(H,53,54)/t37-,38-,41-,42-,43+,44+,45+,46+,47+,48+/m1/s1. The van der Waals surface area contributed by atoms with Crippen LogP contribution >= 0.6 is 0 Å². The first kappa shape index (κ1) is 46.2. The largest absolute Gasteiger partial charge is 0.481 e. The molecule has 2 saturated heterocycles. The summed E-state index contributed by atoms with van der Waals surface area (Å²) >= 11 is 0. The molecule has 0 radical (unpaired) electrons. The Morgan fingerprint density at radius 1 is 0.453 bits per heavy atom. The Balaban J connectivity index is 1.17. The molecule has 2 fully saturated rings. The average molecular weight is 883 g/mol. The van der Waals surface area contributed by atoms with Crippen LogP contribution < -0.4 is 9.47 Å². The Morgan fingerprint density at radius 2 is 0.828 bits per heavy atom. The number of carbonyl (C=O) groups is 2. The van der Waals surface area contributed by atoms with E-state index in [0.29, 0.717) is 46.2 Å². The van der Waals surface area contributed by atoms with Crippen molar-refractivity contribution in [3.63, 3.8) is 0 Å². The predicted molar refractivity (Wildman–Crippen MR) is 227 cm³/mol. The third-order valence-electron chi connectivity index (χ3n) is 11.3. The van der Waals surface area contributed by atoms with Crippen molar-refractivity contribution >= 4 is 11.9 Å². The van der Waals surface area contributed by atoms with E-state index in [9.17, 15) is 60.7 Å². The van der Waals surface area contributed by atoms with Crippen molar-refractivity contribution < 1.29 is 79.6 Å². The lowest BCUT2D eigenvalue weighted by Gasteiger charge is -2.39. The molecule has 16 heteroatoms. The van der Waals surface area contributed by atoms with Gasteiger partial charge in [0.1, 0.15) is 60.3 Å². The second-order valence-electron chi connectivity index (χ2n) is 16.0. The molecule has 0 amide bonds. The van der Waals surface area contributed by atoms with Gasteiger partial charge in [0.2, 0.25) is 12.6 Å². The number of aliphatic hydroxyl groups is 8. The predicted octanol–water partition coefficient (Wildman–Crippen LogP) is 1.81. The summed E-state index contributed by atoms with van der Waals surface area (Å²) in [6, 6.07) is 32.4. The molecule has 338 valence electrons. The molecule has 64 heavy (non-hydrogen) atoms. The summed E-state index contributed by atoms with van der Waals surface area (Å²) < 4.78 is 23.4. The Morgan fingerprint density at radius 3 is 1.22 bits per heavy atom. The van der Waals surface area contributed by atoms with Crippen LogP contribution in [-0.2, 0) is 44.7 Å². The Labute approximate surface area is 367 Å². The molecular weight excluding hydrogens is 833 g/mol. The number of carboxylic acid groups (broad SMARTS) is 2. The first-order chi connectivity index (χ1) is 30.7. The maximum atomic E-state index is 11.6. The molecular formula is C48H50O16. The number of aliphatic hydroxyl groups excluding tert-OH is 8. The molecule has 0 aliphatic carbocycles. The van der Waals surface area contributed by atoms with Crippen LogP contribution in [0.15, 0.2) is 109 Å². The van der Waals surface area contributed by atoms with Crippen LogP contribution in [0.25, 0.3) is 22.3 Å². The van der Waals surface area contributed by atoms with Crippen LogP contribution in [0.3, 0.4) is 0 Å². The number of ether oxygens (including phenoxy) is 4. The van der Waals surface area contributed by atoms with Gasteiger partial charge in [-0.1, -0.05) is 84.9 Å². The molecule has 5 aromatic rings. The minimum atomic E-state index is -1.66. The van der Waals surface area contributed by atoms with Crippen LogP contribution in [0, 0.1) is 0 Å².